The molecule has 9 nitrogen and oxygen atoms in total. The molecule has 1 N–H and O–H groups in total. The number of aromatic nitrogens is 4. The molecule has 0 fully saturated rings. The van der Waals surface area contributed by atoms with Crippen LogP contribution in [-0.4, -0.2) is 24.5 Å². The first kappa shape index (κ1) is 10.8. The van der Waals surface area contributed by atoms with E-state index in [-0.39, 0.29) is 27.9 Å². The second kappa shape index (κ2) is 3.61. The van der Waals surface area contributed by atoms with Crippen molar-refractivity contribution in [3.63, 3.8) is 0 Å². The van der Waals surface area contributed by atoms with Crippen LogP contribution in [-0.2, 0) is 0 Å². The van der Waals surface area contributed by atoms with Gasteiger partial charge in [0.05, 0.1) is 16.5 Å². The zero-order chi connectivity index (χ0) is 13.6. The fourth-order valence-electron chi connectivity index (χ4n) is 1.77. The predicted molar refractivity (Wildman–Crippen MR) is 62.5 cm³/mol. The molecule has 0 saturated heterocycles. The summed E-state index contributed by atoms with van der Waals surface area (Å²) >= 11 is 0. The minimum atomic E-state index is -0.639. The molecule has 0 amide bonds. The van der Waals surface area contributed by atoms with Crippen molar-refractivity contribution in [1.82, 2.24) is 19.6 Å². The summed E-state index contributed by atoms with van der Waals surface area (Å²) in [4.78, 5) is 28.2. The first-order chi connectivity index (χ1) is 9.11. The second-order valence-corrected chi connectivity index (χ2v) is 3.71. The zero-order valence-corrected chi connectivity index (χ0v) is 9.19. The highest BCUT2D eigenvalue weighted by atomic mass is 16.6. The molecule has 0 aliphatic carbocycles. The van der Waals surface area contributed by atoms with E-state index in [9.17, 15) is 14.9 Å². The Balaban J connectivity index is 2.51. The summed E-state index contributed by atoms with van der Waals surface area (Å²) in [6.45, 7) is 0. The van der Waals surface area contributed by atoms with Crippen LogP contribution in [0.4, 0.5) is 5.69 Å². The highest BCUT2D eigenvalue weighted by Gasteiger charge is 2.15. The Morgan fingerprint density at radius 1 is 1.47 bits per heavy atom. The van der Waals surface area contributed by atoms with Gasteiger partial charge in [0.2, 0.25) is 0 Å². The molecule has 3 aromatic rings. The van der Waals surface area contributed by atoms with Gasteiger partial charge < -0.3 is 4.98 Å². The molecule has 0 spiro atoms. The molecule has 0 bridgehead atoms. The maximum Gasteiger partial charge on any atom is 0.288 e. The fraction of sp³-hybridized carbons (Fsp3) is 0. The third-order valence-electron chi connectivity index (χ3n) is 2.63. The van der Waals surface area contributed by atoms with Gasteiger partial charge in [-0.3, -0.25) is 14.9 Å². The van der Waals surface area contributed by atoms with E-state index in [4.69, 9.17) is 5.26 Å². The van der Waals surface area contributed by atoms with Crippen LogP contribution < -0.4 is 5.56 Å². The Morgan fingerprint density at radius 3 is 2.95 bits per heavy atom. The number of pyridine rings is 1. The van der Waals surface area contributed by atoms with Gasteiger partial charge in [-0.15, -0.1) is 0 Å². The number of nitrogens with one attached hydrogen (secondary N) is 1. The molecule has 3 heterocycles. The van der Waals surface area contributed by atoms with Crippen molar-refractivity contribution in [2.75, 3.05) is 0 Å². The third-order valence-corrected chi connectivity index (χ3v) is 2.63. The number of aromatic amines is 1. The third kappa shape index (κ3) is 1.44. The van der Waals surface area contributed by atoms with Crippen molar-refractivity contribution in [3.8, 4) is 6.07 Å². The number of nitro groups is 1. The number of rotatable bonds is 1. The molecule has 0 saturated carbocycles. The van der Waals surface area contributed by atoms with Crippen LogP contribution in [0.25, 0.3) is 16.7 Å². The molecular formula is C10H4N6O3. The van der Waals surface area contributed by atoms with Crippen LogP contribution >= 0.6 is 0 Å². The number of fused-ring (bicyclic) bond motifs is 3. The minimum absolute atomic E-state index is 0.0364. The Kier molecular flexibility index (Phi) is 2.06. The fourth-order valence-corrected chi connectivity index (χ4v) is 1.77. The molecule has 3 rings (SSSR count). The van der Waals surface area contributed by atoms with E-state index < -0.39 is 10.5 Å². The highest BCUT2D eigenvalue weighted by Crippen LogP contribution is 2.16. The molecule has 0 radical (unpaired) electrons. The number of hydrogen-bond donors (Lipinski definition) is 1. The zero-order valence-electron chi connectivity index (χ0n) is 9.19. The molecule has 0 aliphatic rings. The largest absolute Gasteiger partial charge is 0.305 e. The van der Waals surface area contributed by atoms with Gasteiger partial charge in [0.1, 0.15) is 17.8 Å². The van der Waals surface area contributed by atoms with Crippen molar-refractivity contribution in [2.45, 2.75) is 0 Å². The van der Waals surface area contributed by atoms with E-state index in [0.717, 1.165) is 12.3 Å². The van der Waals surface area contributed by atoms with Gasteiger partial charge >= 0.3 is 0 Å². The van der Waals surface area contributed by atoms with Crippen LogP contribution in [0.1, 0.15) is 5.56 Å². The van der Waals surface area contributed by atoms with Crippen molar-refractivity contribution in [1.29, 1.82) is 5.26 Å². The Labute approximate surface area is 103 Å². The number of hydrogen-bond acceptors (Lipinski definition) is 6. The number of nitrogens with zero attached hydrogens (tertiary/aromatic N) is 5. The second-order valence-electron chi connectivity index (χ2n) is 3.71. The first-order valence-electron chi connectivity index (χ1n) is 5.06. The molecule has 0 aliphatic heterocycles. The van der Waals surface area contributed by atoms with Gasteiger partial charge in [0.15, 0.2) is 11.3 Å². The van der Waals surface area contributed by atoms with E-state index in [2.05, 4.69) is 15.1 Å². The maximum absolute atomic E-state index is 11.9. The van der Waals surface area contributed by atoms with Crippen LogP contribution in [0, 0.1) is 21.4 Å². The van der Waals surface area contributed by atoms with E-state index in [1.165, 1.54) is 10.7 Å². The summed E-state index contributed by atoms with van der Waals surface area (Å²) in [6.07, 6.45) is 2.32. The monoisotopic (exact) mass is 256 g/mol. The molecule has 19 heavy (non-hydrogen) atoms. The van der Waals surface area contributed by atoms with E-state index in [1.54, 1.807) is 0 Å². The minimum Gasteiger partial charge on any atom is -0.305 e. The average molecular weight is 256 g/mol. The molecule has 92 valence electrons. The molecular weight excluding hydrogens is 252 g/mol. The molecule has 0 unspecified atom stereocenters. The lowest BCUT2D eigenvalue weighted by Crippen LogP contribution is -2.12. The Bertz CT molecular complexity index is 932. The quantitative estimate of drug-likeness (QED) is 0.493. The Hall–Kier alpha value is -3.28. The van der Waals surface area contributed by atoms with Crippen molar-refractivity contribution in [3.05, 3.63) is 44.5 Å². The summed E-state index contributed by atoms with van der Waals surface area (Å²) in [5.41, 5.74) is -0.285. The standard InChI is InChI=1S/C10H4N6O3/c11-2-5-3-13-15-8(5)14-10(17)7-1-6(16(18)19)4-12-9(7)15/h1,3-4H,(H,14,17). The van der Waals surface area contributed by atoms with E-state index in [1.807, 2.05) is 6.07 Å². The highest BCUT2D eigenvalue weighted by molar-refractivity contribution is 5.79. The van der Waals surface area contributed by atoms with Gasteiger partial charge in [-0.25, -0.2) is 4.98 Å². The summed E-state index contributed by atoms with van der Waals surface area (Å²) in [6, 6.07) is 3.00. The van der Waals surface area contributed by atoms with Gasteiger partial charge in [0.25, 0.3) is 11.2 Å². The SMILES string of the molecule is N#Cc1cnn2c1[nH]c(=O)c1cc([N+](=O)[O-])cnc12. The summed E-state index contributed by atoms with van der Waals surface area (Å²) in [5, 5.41) is 23.5. The van der Waals surface area contributed by atoms with Gasteiger partial charge in [-0.1, -0.05) is 0 Å². The predicted octanol–water partition coefficient (Wildman–Crippen LogP) is 0.351. The lowest BCUT2D eigenvalue weighted by molar-refractivity contribution is -0.385. The van der Waals surface area contributed by atoms with Crippen LogP contribution in [0.15, 0.2) is 23.3 Å². The van der Waals surface area contributed by atoms with Crippen molar-refractivity contribution >= 4 is 22.4 Å². The first-order valence-corrected chi connectivity index (χ1v) is 5.06. The van der Waals surface area contributed by atoms with Gasteiger partial charge in [-0.05, 0) is 0 Å². The van der Waals surface area contributed by atoms with Crippen LogP contribution in [0.3, 0.4) is 0 Å². The number of H-pyrrole nitrogens is 1. The van der Waals surface area contributed by atoms with Gasteiger partial charge in [0, 0.05) is 6.07 Å². The van der Waals surface area contributed by atoms with Crippen LogP contribution in [0.2, 0.25) is 0 Å². The van der Waals surface area contributed by atoms with E-state index in [0.29, 0.717) is 0 Å². The van der Waals surface area contributed by atoms with Gasteiger partial charge in [-0.2, -0.15) is 14.9 Å². The maximum atomic E-state index is 11.9. The molecule has 9 heteroatoms. The van der Waals surface area contributed by atoms with Crippen molar-refractivity contribution in [2.24, 2.45) is 0 Å². The summed E-state index contributed by atoms with van der Waals surface area (Å²) < 4.78 is 1.26. The summed E-state index contributed by atoms with van der Waals surface area (Å²) in [7, 11) is 0. The normalized spacial score (nSPS) is 10.7. The molecule has 0 aromatic carbocycles. The molecule has 0 atom stereocenters. The lowest BCUT2D eigenvalue weighted by atomic mass is 10.3. The molecule has 3 aromatic heterocycles. The topological polar surface area (TPSA) is 130 Å². The number of nitriles is 1. The van der Waals surface area contributed by atoms with E-state index >= 15 is 0 Å². The average Bonchev–Trinajstić information content (AvgIpc) is 2.81. The smallest absolute Gasteiger partial charge is 0.288 e. The van der Waals surface area contributed by atoms with Crippen molar-refractivity contribution < 1.29 is 4.92 Å². The van der Waals surface area contributed by atoms with Crippen LogP contribution in [0.5, 0.6) is 0 Å². The Morgan fingerprint density at radius 2 is 2.26 bits per heavy atom. The lowest BCUT2D eigenvalue weighted by Gasteiger charge is -1.99. The summed E-state index contributed by atoms with van der Waals surface area (Å²) in [5.74, 6) is 0.